The molecule has 2 heterocycles. The first-order valence-electron chi connectivity index (χ1n) is 5.95. The fraction of sp³-hybridized carbons (Fsp3) is 0.667. The summed E-state index contributed by atoms with van der Waals surface area (Å²) < 4.78 is 0. The maximum absolute atomic E-state index is 8.72. The van der Waals surface area contributed by atoms with Crippen LogP contribution in [0.5, 0.6) is 0 Å². The average molecular weight is 235 g/mol. The first-order valence-corrected chi connectivity index (χ1v) is 6.77. The molecule has 0 amide bonds. The van der Waals surface area contributed by atoms with Crippen molar-refractivity contribution in [2.75, 3.05) is 19.6 Å². The molecule has 0 unspecified atom stereocenters. The fourth-order valence-corrected chi connectivity index (χ4v) is 2.79. The van der Waals surface area contributed by atoms with Crippen molar-refractivity contribution >= 4 is 11.3 Å². The highest BCUT2D eigenvalue weighted by Crippen LogP contribution is 2.14. The molecular formula is C12H17N3S. The van der Waals surface area contributed by atoms with Crippen LogP contribution in [0.4, 0.5) is 0 Å². The SMILES string of the molecule is N#Cc1cnc(CCN2CCCCCC2)s1. The summed E-state index contributed by atoms with van der Waals surface area (Å²) in [6.45, 7) is 3.56. The Hall–Kier alpha value is -0.920. The van der Waals surface area contributed by atoms with Gasteiger partial charge in [-0.1, -0.05) is 12.8 Å². The zero-order valence-electron chi connectivity index (χ0n) is 9.48. The highest BCUT2D eigenvalue weighted by molar-refractivity contribution is 7.12. The van der Waals surface area contributed by atoms with Gasteiger partial charge in [0.15, 0.2) is 0 Å². The lowest BCUT2D eigenvalue weighted by Gasteiger charge is -2.18. The predicted octanol–water partition coefficient (Wildman–Crippen LogP) is 2.43. The van der Waals surface area contributed by atoms with Crippen LogP contribution in [-0.4, -0.2) is 29.5 Å². The highest BCUT2D eigenvalue weighted by atomic mass is 32.1. The van der Waals surface area contributed by atoms with Gasteiger partial charge in [0.1, 0.15) is 10.9 Å². The molecule has 1 fully saturated rings. The minimum absolute atomic E-state index is 0.728. The standard InChI is InChI=1S/C12H17N3S/c13-9-11-10-14-12(16-11)5-8-15-6-3-1-2-4-7-15/h10H,1-8H2. The van der Waals surface area contributed by atoms with Crippen LogP contribution in [0.15, 0.2) is 6.20 Å². The molecule has 16 heavy (non-hydrogen) atoms. The van der Waals surface area contributed by atoms with E-state index < -0.39 is 0 Å². The van der Waals surface area contributed by atoms with Gasteiger partial charge in [0, 0.05) is 13.0 Å². The summed E-state index contributed by atoms with van der Waals surface area (Å²) in [5, 5.41) is 9.81. The first kappa shape index (κ1) is 11.6. The van der Waals surface area contributed by atoms with Crippen LogP contribution in [0.1, 0.15) is 35.6 Å². The normalized spacial score (nSPS) is 17.9. The minimum Gasteiger partial charge on any atom is -0.303 e. The van der Waals surface area contributed by atoms with Crippen molar-refractivity contribution in [3.05, 3.63) is 16.1 Å². The second-order valence-electron chi connectivity index (χ2n) is 4.24. The topological polar surface area (TPSA) is 39.9 Å². The number of hydrogen-bond acceptors (Lipinski definition) is 4. The zero-order chi connectivity index (χ0) is 11.2. The monoisotopic (exact) mass is 235 g/mol. The number of nitriles is 1. The third-order valence-corrected chi connectivity index (χ3v) is 3.97. The van der Waals surface area contributed by atoms with Gasteiger partial charge in [-0.3, -0.25) is 0 Å². The van der Waals surface area contributed by atoms with Crippen LogP contribution in [0.2, 0.25) is 0 Å². The lowest BCUT2D eigenvalue weighted by atomic mass is 10.2. The molecule has 1 aliphatic rings. The van der Waals surface area contributed by atoms with E-state index in [2.05, 4.69) is 16.0 Å². The first-order chi connectivity index (χ1) is 7.88. The summed E-state index contributed by atoms with van der Waals surface area (Å²) in [7, 11) is 0. The van der Waals surface area contributed by atoms with Gasteiger partial charge in [-0.2, -0.15) is 5.26 Å². The molecule has 1 saturated heterocycles. The smallest absolute Gasteiger partial charge is 0.124 e. The van der Waals surface area contributed by atoms with E-state index in [0.29, 0.717) is 0 Å². The van der Waals surface area contributed by atoms with Crippen LogP contribution >= 0.6 is 11.3 Å². The number of hydrogen-bond donors (Lipinski definition) is 0. The quantitative estimate of drug-likeness (QED) is 0.808. The van der Waals surface area contributed by atoms with Gasteiger partial charge in [0.05, 0.1) is 11.2 Å². The zero-order valence-corrected chi connectivity index (χ0v) is 10.3. The van der Waals surface area contributed by atoms with Gasteiger partial charge in [-0.05, 0) is 25.9 Å². The van der Waals surface area contributed by atoms with E-state index in [4.69, 9.17) is 5.26 Å². The number of aromatic nitrogens is 1. The van der Waals surface area contributed by atoms with Crippen LogP contribution in [0, 0.1) is 11.3 Å². The average Bonchev–Trinajstić information content (AvgIpc) is 2.61. The van der Waals surface area contributed by atoms with Gasteiger partial charge < -0.3 is 4.90 Å². The molecule has 1 aliphatic heterocycles. The van der Waals surface area contributed by atoms with E-state index in [-0.39, 0.29) is 0 Å². The van der Waals surface area contributed by atoms with Crippen LogP contribution in [0.3, 0.4) is 0 Å². The Kier molecular flexibility index (Phi) is 4.32. The van der Waals surface area contributed by atoms with Gasteiger partial charge in [-0.15, -0.1) is 11.3 Å². The fourth-order valence-electron chi connectivity index (χ4n) is 2.09. The van der Waals surface area contributed by atoms with E-state index >= 15 is 0 Å². The van der Waals surface area contributed by atoms with Gasteiger partial charge in [0.25, 0.3) is 0 Å². The molecule has 0 saturated carbocycles. The number of thiazole rings is 1. The van der Waals surface area contributed by atoms with E-state index in [1.54, 1.807) is 6.20 Å². The van der Waals surface area contributed by atoms with Gasteiger partial charge in [-0.25, -0.2) is 4.98 Å². The van der Waals surface area contributed by atoms with E-state index in [1.165, 1.54) is 50.1 Å². The van der Waals surface area contributed by atoms with Crippen molar-refractivity contribution in [2.24, 2.45) is 0 Å². The summed E-state index contributed by atoms with van der Waals surface area (Å²) in [6, 6.07) is 2.14. The van der Waals surface area contributed by atoms with Crippen molar-refractivity contribution in [2.45, 2.75) is 32.1 Å². The summed E-state index contributed by atoms with van der Waals surface area (Å²) in [4.78, 5) is 7.52. The lowest BCUT2D eigenvalue weighted by Crippen LogP contribution is -2.26. The summed E-state index contributed by atoms with van der Waals surface area (Å²) in [5.74, 6) is 0. The lowest BCUT2D eigenvalue weighted by molar-refractivity contribution is 0.288. The second-order valence-corrected chi connectivity index (χ2v) is 5.35. The summed E-state index contributed by atoms with van der Waals surface area (Å²) in [6.07, 6.45) is 8.11. The molecule has 0 bridgehead atoms. The molecule has 86 valence electrons. The molecular weight excluding hydrogens is 218 g/mol. The van der Waals surface area contributed by atoms with Crippen molar-refractivity contribution < 1.29 is 0 Å². The molecule has 0 atom stereocenters. The molecule has 1 aromatic rings. The molecule has 0 aromatic carbocycles. The maximum atomic E-state index is 8.72. The molecule has 3 nitrogen and oxygen atoms in total. The largest absolute Gasteiger partial charge is 0.303 e. The highest BCUT2D eigenvalue weighted by Gasteiger charge is 2.09. The minimum atomic E-state index is 0.728. The van der Waals surface area contributed by atoms with Crippen LogP contribution in [0.25, 0.3) is 0 Å². The Balaban J connectivity index is 1.79. The third-order valence-electron chi connectivity index (χ3n) is 3.00. The summed E-state index contributed by atoms with van der Waals surface area (Å²) >= 11 is 1.53. The molecule has 0 radical (unpaired) electrons. The molecule has 2 rings (SSSR count). The number of nitrogens with zero attached hydrogens (tertiary/aromatic N) is 3. The van der Waals surface area contributed by atoms with E-state index in [9.17, 15) is 0 Å². The van der Waals surface area contributed by atoms with Crippen LogP contribution < -0.4 is 0 Å². The van der Waals surface area contributed by atoms with Gasteiger partial charge >= 0.3 is 0 Å². The van der Waals surface area contributed by atoms with Crippen LogP contribution in [-0.2, 0) is 6.42 Å². The van der Waals surface area contributed by atoms with Gasteiger partial charge in [0.2, 0.25) is 0 Å². The van der Waals surface area contributed by atoms with E-state index in [0.717, 1.165) is 22.9 Å². The Bertz CT molecular complexity index is 359. The Morgan fingerprint density at radius 1 is 1.31 bits per heavy atom. The van der Waals surface area contributed by atoms with Crippen molar-refractivity contribution in [1.29, 1.82) is 5.26 Å². The third kappa shape index (κ3) is 3.29. The maximum Gasteiger partial charge on any atom is 0.124 e. The number of rotatable bonds is 3. The Labute approximate surface area is 101 Å². The number of likely N-dealkylation sites (tertiary alicyclic amines) is 1. The molecule has 1 aromatic heterocycles. The predicted molar refractivity (Wildman–Crippen MR) is 65.4 cm³/mol. The molecule has 0 aliphatic carbocycles. The van der Waals surface area contributed by atoms with Crippen molar-refractivity contribution in [3.8, 4) is 6.07 Å². The van der Waals surface area contributed by atoms with Crippen molar-refractivity contribution in [3.63, 3.8) is 0 Å². The Morgan fingerprint density at radius 3 is 2.69 bits per heavy atom. The van der Waals surface area contributed by atoms with E-state index in [1.807, 2.05) is 0 Å². The molecule has 4 heteroatoms. The Morgan fingerprint density at radius 2 is 2.06 bits per heavy atom. The molecule has 0 N–H and O–H groups in total. The summed E-state index contributed by atoms with van der Waals surface area (Å²) in [5.41, 5.74) is 0. The van der Waals surface area contributed by atoms with Crippen molar-refractivity contribution in [1.82, 2.24) is 9.88 Å². The molecule has 0 spiro atoms. The second kappa shape index (κ2) is 5.97.